The van der Waals surface area contributed by atoms with Crippen LogP contribution in [0.1, 0.15) is 5.69 Å². The maximum Gasteiger partial charge on any atom is 0.229 e. The monoisotopic (exact) mass is 334 g/mol. The number of aromatic nitrogens is 3. The number of hydrogen-bond acceptors (Lipinski definition) is 4. The van der Waals surface area contributed by atoms with Crippen LogP contribution >= 0.6 is 0 Å². The van der Waals surface area contributed by atoms with Crippen LogP contribution < -0.4 is 10.1 Å². The number of fused-ring (bicyclic) bond motifs is 1. The fourth-order valence-corrected chi connectivity index (χ4v) is 2.56. The minimum absolute atomic E-state index is 0.358. The van der Waals surface area contributed by atoms with Crippen LogP contribution in [-0.4, -0.2) is 15.2 Å². The van der Waals surface area contributed by atoms with Crippen LogP contribution in [0.4, 0.5) is 16.0 Å². The Bertz CT molecular complexity index is 1040. The van der Waals surface area contributed by atoms with E-state index in [1.807, 2.05) is 43.3 Å². The molecular formula is C19H15FN4O. The number of ether oxygens (including phenoxy) is 1. The zero-order chi connectivity index (χ0) is 17.2. The van der Waals surface area contributed by atoms with E-state index < -0.39 is 0 Å². The number of H-pyrrole nitrogens is 1. The average molecular weight is 334 g/mol. The number of hydrogen-bond donors (Lipinski definition) is 2. The topological polar surface area (TPSA) is 62.8 Å². The first-order chi connectivity index (χ1) is 12.2. The summed E-state index contributed by atoms with van der Waals surface area (Å²) in [5.74, 6) is 1.69. The van der Waals surface area contributed by atoms with E-state index in [2.05, 4.69) is 20.5 Å². The molecule has 0 atom stereocenters. The molecule has 0 spiro atoms. The summed E-state index contributed by atoms with van der Waals surface area (Å²) in [6.07, 6.45) is 0. The second kappa shape index (κ2) is 6.24. The highest BCUT2D eigenvalue weighted by molar-refractivity contribution is 5.89. The maximum absolute atomic E-state index is 13.4. The lowest BCUT2D eigenvalue weighted by Crippen LogP contribution is -1.97. The summed E-state index contributed by atoms with van der Waals surface area (Å²) in [7, 11) is 0. The van der Waals surface area contributed by atoms with Crippen molar-refractivity contribution in [3.05, 3.63) is 72.2 Å². The first kappa shape index (κ1) is 15.1. The molecule has 0 bridgehead atoms. The van der Waals surface area contributed by atoms with Crippen molar-refractivity contribution in [2.24, 2.45) is 0 Å². The minimum Gasteiger partial charge on any atom is -0.438 e. The van der Waals surface area contributed by atoms with Gasteiger partial charge in [0.1, 0.15) is 17.4 Å². The number of benzene rings is 2. The van der Waals surface area contributed by atoms with Crippen molar-refractivity contribution in [1.82, 2.24) is 15.2 Å². The van der Waals surface area contributed by atoms with Crippen molar-refractivity contribution in [3.63, 3.8) is 0 Å². The van der Waals surface area contributed by atoms with Gasteiger partial charge in [-0.2, -0.15) is 10.1 Å². The summed E-state index contributed by atoms with van der Waals surface area (Å²) in [5.41, 5.74) is 0.944. The Balaban J connectivity index is 1.75. The molecule has 4 rings (SSSR count). The van der Waals surface area contributed by atoms with Crippen molar-refractivity contribution in [1.29, 1.82) is 0 Å². The van der Waals surface area contributed by atoms with Gasteiger partial charge in [-0.05, 0) is 36.6 Å². The maximum atomic E-state index is 13.4. The zero-order valence-electron chi connectivity index (χ0n) is 13.5. The first-order valence-electron chi connectivity index (χ1n) is 7.80. The Morgan fingerprint density at radius 3 is 2.68 bits per heavy atom. The fourth-order valence-electron chi connectivity index (χ4n) is 2.56. The van der Waals surface area contributed by atoms with E-state index in [4.69, 9.17) is 4.74 Å². The Hall–Kier alpha value is -3.41. The van der Waals surface area contributed by atoms with Gasteiger partial charge in [0.05, 0.1) is 0 Å². The van der Waals surface area contributed by atoms with Gasteiger partial charge in [0.25, 0.3) is 0 Å². The Morgan fingerprint density at radius 1 is 1.00 bits per heavy atom. The molecule has 0 radical (unpaired) electrons. The van der Waals surface area contributed by atoms with Gasteiger partial charge in [0.15, 0.2) is 5.82 Å². The standard InChI is InChI=1S/C19H15FN4O/c1-12-9-18(24-23-12)21-17-10-13-5-2-3-8-16(13)19(22-17)25-15-7-4-6-14(20)11-15/h2-11H,1H3,(H2,21,22,23,24). The normalized spacial score (nSPS) is 10.8. The molecule has 0 unspecified atom stereocenters. The van der Waals surface area contributed by atoms with E-state index >= 15 is 0 Å². The average Bonchev–Trinajstić information content (AvgIpc) is 3.00. The molecular weight excluding hydrogens is 319 g/mol. The molecule has 0 saturated carbocycles. The van der Waals surface area contributed by atoms with Crippen LogP contribution in [0.3, 0.4) is 0 Å². The summed E-state index contributed by atoms with van der Waals surface area (Å²) in [6, 6.07) is 17.5. The van der Waals surface area contributed by atoms with Crippen LogP contribution in [-0.2, 0) is 0 Å². The van der Waals surface area contributed by atoms with Gasteiger partial charge in [0, 0.05) is 23.2 Å². The first-order valence-corrected chi connectivity index (χ1v) is 7.80. The number of aryl methyl sites for hydroxylation is 1. The SMILES string of the molecule is Cc1cc(Nc2cc3ccccc3c(Oc3cccc(F)c3)n2)n[nH]1. The van der Waals surface area contributed by atoms with Crippen LogP contribution in [0.15, 0.2) is 60.7 Å². The Kier molecular flexibility index (Phi) is 3.78. The summed E-state index contributed by atoms with van der Waals surface area (Å²) in [4.78, 5) is 4.52. The third-order valence-electron chi connectivity index (χ3n) is 3.68. The van der Waals surface area contributed by atoms with E-state index in [-0.39, 0.29) is 5.82 Å². The van der Waals surface area contributed by atoms with E-state index in [9.17, 15) is 4.39 Å². The zero-order valence-corrected chi connectivity index (χ0v) is 13.5. The number of nitrogens with zero attached hydrogens (tertiary/aromatic N) is 2. The highest BCUT2D eigenvalue weighted by Gasteiger charge is 2.10. The number of anilines is 2. The van der Waals surface area contributed by atoms with Crippen LogP contribution in [0.2, 0.25) is 0 Å². The van der Waals surface area contributed by atoms with E-state index in [0.717, 1.165) is 16.5 Å². The predicted molar refractivity (Wildman–Crippen MR) is 94.8 cm³/mol. The lowest BCUT2D eigenvalue weighted by molar-refractivity contribution is 0.465. The van der Waals surface area contributed by atoms with Crippen LogP contribution in [0.25, 0.3) is 10.8 Å². The molecule has 2 aromatic carbocycles. The summed E-state index contributed by atoms with van der Waals surface area (Å²) >= 11 is 0. The molecule has 4 aromatic rings. The molecule has 2 heterocycles. The highest BCUT2D eigenvalue weighted by Crippen LogP contribution is 2.31. The lowest BCUT2D eigenvalue weighted by atomic mass is 10.1. The van der Waals surface area contributed by atoms with Gasteiger partial charge in [-0.15, -0.1) is 0 Å². The smallest absolute Gasteiger partial charge is 0.229 e. The fraction of sp³-hybridized carbons (Fsp3) is 0.0526. The van der Waals surface area contributed by atoms with Crippen molar-refractivity contribution in [2.75, 3.05) is 5.32 Å². The second-order valence-corrected chi connectivity index (χ2v) is 5.65. The molecule has 6 heteroatoms. The molecule has 0 saturated heterocycles. The van der Waals surface area contributed by atoms with Crippen molar-refractivity contribution >= 4 is 22.4 Å². The lowest BCUT2D eigenvalue weighted by Gasteiger charge is -2.11. The molecule has 2 N–H and O–H groups in total. The largest absolute Gasteiger partial charge is 0.438 e. The van der Waals surface area contributed by atoms with E-state index in [0.29, 0.717) is 23.3 Å². The van der Waals surface area contributed by atoms with Gasteiger partial charge >= 0.3 is 0 Å². The van der Waals surface area contributed by atoms with Crippen molar-refractivity contribution in [3.8, 4) is 11.6 Å². The molecule has 25 heavy (non-hydrogen) atoms. The molecule has 0 fully saturated rings. The number of nitrogens with one attached hydrogen (secondary N) is 2. The summed E-state index contributed by atoms with van der Waals surface area (Å²) in [6.45, 7) is 1.92. The molecule has 0 aliphatic heterocycles. The number of aromatic amines is 1. The third-order valence-corrected chi connectivity index (χ3v) is 3.68. The van der Waals surface area contributed by atoms with Gasteiger partial charge in [-0.3, -0.25) is 5.10 Å². The number of pyridine rings is 1. The molecule has 124 valence electrons. The van der Waals surface area contributed by atoms with Crippen molar-refractivity contribution in [2.45, 2.75) is 6.92 Å². The Labute approximate surface area is 143 Å². The molecule has 0 amide bonds. The van der Waals surface area contributed by atoms with Gasteiger partial charge in [0.2, 0.25) is 5.88 Å². The molecule has 0 aliphatic rings. The van der Waals surface area contributed by atoms with Gasteiger partial charge in [-0.25, -0.2) is 4.39 Å². The molecule has 5 nitrogen and oxygen atoms in total. The van der Waals surface area contributed by atoms with E-state index in [1.54, 1.807) is 12.1 Å². The van der Waals surface area contributed by atoms with Gasteiger partial charge in [-0.1, -0.05) is 24.3 Å². The predicted octanol–water partition coefficient (Wildman–Crippen LogP) is 4.94. The summed E-state index contributed by atoms with van der Waals surface area (Å²) < 4.78 is 19.3. The third kappa shape index (κ3) is 3.28. The minimum atomic E-state index is -0.358. The number of rotatable bonds is 4. The quantitative estimate of drug-likeness (QED) is 0.555. The van der Waals surface area contributed by atoms with Crippen molar-refractivity contribution < 1.29 is 9.13 Å². The Morgan fingerprint density at radius 2 is 1.88 bits per heavy atom. The molecule has 2 aromatic heterocycles. The highest BCUT2D eigenvalue weighted by atomic mass is 19.1. The van der Waals surface area contributed by atoms with Gasteiger partial charge < -0.3 is 10.1 Å². The van der Waals surface area contributed by atoms with Crippen LogP contribution in [0.5, 0.6) is 11.6 Å². The number of halogens is 1. The second-order valence-electron chi connectivity index (χ2n) is 5.65. The van der Waals surface area contributed by atoms with E-state index in [1.165, 1.54) is 12.1 Å². The summed E-state index contributed by atoms with van der Waals surface area (Å²) in [5, 5.41) is 12.0. The van der Waals surface area contributed by atoms with Crippen LogP contribution in [0, 0.1) is 12.7 Å². The molecule has 0 aliphatic carbocycles.